The van der Waals surface area contributed by atoms with Crippen molar-refractivity contribution in [3.63, 3.8) is 0 Å². The fraction of sp³-hybridized carbons (Fsp3) is 0.500. The van der Waals surface area contributed by atoms with E-state index in [4.69, 9.17) is 11.6 Å². The molecule has 0 aromatic carbocycles. The molecule has 1 unspecified atom stereocenters. The van der Waals surface area contributed by atoms with Crippen molar-refractivity contribution in [1.29, 1.82) is 0 Å². The predicted octanol–water partition coefficient (Wildman–Crippen LogP) is 2.82. The smallest absolute Gasteiger partial charge is 0.242 e. The summed E-state index contributed by atoms with van der Waals surface area (Å²) in [5.74, 6) is 0.281. The van der Waals surface area contributed by atoms with Crippen LogP contribution in [0.2, 0.25) is 5.15 Å². The van der Waals surface area contributed by atoms with Gasteiger partial charge in [0.1, 0.15) is 10.0 Å². The summed E-state index contributed by atoms with van der Waals surface area (Å²) in [6.07, 6.45) is 2.36. The standard InChI is InChI=1S/C10H14BrClN2O2S/c1-3-7(2)5-14-17(15,16)9-4-8(11)6-13-10(9)12/h4,6-7,14H,3,5H2,1-2H3. The lowest BCUT2D eigenvalue weighted by Gasteiger charge is -2.11. The molecule has 1 rings (SSSR count). The van der Waals surface area contributed by atoms with Crippen LogP contribution in [0.3, 0.4) is 0 Å². The lowest BCUT2D eigenvalue weighted by Crippen LogP contribution is -2.28. The van der Waals surface area contributed by atoms with Gasteiger partial charge in [0.15, 0.2) is 0 Å². The summed E-state index contributed by atoms with van der Waals surface area (Å²) >= 11 is 8.95. The van der Waals surface area contributed by atoms with Crippen molar-refractivity contribution in [2.24, 2.45) is 5.92 Å². The van der Waals surface area contributed by atoms with Crippen molar-refractivity contribution in [3.8, 4) is 0 Å². The van der Waals surface area contributed by atoms with E-state index in [0.717, 1.165) is 6.42 Å². The summed E-state index contributed by atoms with van der Waals surface area (Å²) < 4.78 is 27.0. The van der Waals surface area contributed by atoms with Crippen LogP contribution in [0.1, 0.15) is 20.3 Å². The van der Waals surface area contributed by atoms with E-state index >= 15 is 0 Å². The normalized spacial score (nSPS) is 13.6. The monoisotopic (exact) mass is 340 g/mol. The van der Waals surface area contributed by atoms with Gasteiger partial charge in [-0.05, 0) is 27.9 Å². The number of aromatic nitrogens is 1. The number of sulfonamides is 1. The summed E-state index contributed by atoms with van der Waals surface area (Å²) in [5.41, 5.74) is 0. The van der Waals surface area contributed by atoms with Gasteiger partial charge < -0.3 is 0 Å². The van der Waals surface area contributed by atoms with Crippen LogP contribution >= 0.6 is 27.5 Å². The maximum absolute atomic E-state index is 12.0. The summed E-state index contributed by atoms with van der Waals surface area (Å²) in [4.78, 5) is 3.79. The third-order valence-corrected chi connectivity index (χ3v) is 4.67. The van der Waals surface area contributed by atoms with Gasteiger partial charge in [-0.25, -0.2) is 18.1 Å². The van der Waals surface area contributed by atoms with Crippen LogP contribution in [0.5, 0.6) is 0 Å². The largest absolute Gasteiger partial charge is 0.243 e. The van der Waals surface area contributed by atoms with Crippen LogP contribution in [0, 0.1) is 5.92 Å². The van der Waals surface area contributed by atoms with Gasteiger partial charge in [0.2, 0.25) is 10.0 Å². The maximum Gasteiger partial charge on any atom is 0.243 e. The topological polar surface area (TPSA) is 59.1 Å². The van der Waals surface area contributed by atoms with Gasteiger partial charge in [-0.3, -0.25) is 0 Å². The van der Waals surface area contributed by atoms with Crippen molar-refractivity contribution in [1.82, 2.24) is 9.71 Å². The highest BCUT2D eigenvalue weighted by atomic mass is 79.9. The van der Waals surface area contributed by atoms with Crippen molar-refractivity contribution in [2.75, 3.05) is 6.54 Å². The zero-order valence-corrected chi connectivity index (χ0v) is 12.7. The Morgan fingerprint density at radius 3 is 2.82 bits per heavy atom. The van der Waals surface area contributed by atoms with Crippen LogP contribution in [0.25, 0.3) is 0 Å². The Bertz CT molecular complexity index is 493. The molecule has 1 aromatic rings. The number of rotatable bonds is 5. The van der Waals surface area contributed by atoms with Gasteiger partial charge in [-0.2, -0.15) is 0 Å². The molecule has 1 N–H and O–H groups in total. The zero-order chi connectivity index (χ0) is 13.1. The first-order chi connectivity index (χ1) is 7.86. The van der Waals surface area contributed by atoms with Crippen LogP contribution in [0.4, 0.5) is 0 Å². The van der Waals surface area contributed by atoms with Crippen LogP contribution in [-0.2, 0) is 10.0 Å². The zero-order valence-electron chi connectivity index (χ0n) is 9.57. The van der Waals surface area contributed by atoms with Crippen molar-refractivity contribution < 1.29 is 8.42 Å². The Labute approximate surface area is 115 Å². The fourth-order valence-corrected chi connectivity index (χ4v) is 3.17. The lowest BCUT2D eigenvalue weighted by atomic mass is 10.1. The summed E-state index contributed by atoms with van der Waals surface area (Å²) in [6.45, 7) is 4.37. The molecule has 0 saturated heterocycles. The first-order valence-electron chi connectivity index (χ1n) is 5.17. The molecule has 0 bridgehead atoms. The Balaban J connectivity index is 2.93. The highest BCUT2D eigenvalue weighted by Crippen LogP contribution is 2.22. The van der Waals surface area contributed by atoms with Crippen LogP contribution in [-0.4, -0.2) is 19.9 Å². The molecule has 96 valence electrons. The molecule has 4 nitrogen and oxygen atoms in total. The number of pyridine rings is 1. The number of nitrogens with one attached hydrogen (secondary N) is 1. The summed E-state index contributed by atoms with van der Waals surface area (Å²) in [7, 11) is -3.59. The summed E-state index contributed by atoms with van der Waals surface area (Å²) in [6, 6.07) is 1.44. The van der Waals surface area contributed by atoms with E-state index in [9.17, 15) is 8.42 Å². The Hall–Kier alpha value is -0.170. The first-order valence-corrected chi connectivity index (χ1v) is 7.83. The first kappa shape index (κ1) is 14.9. The van der Waals surface area contributed by atoms with E-state index < -0.39 is 10.0 Å². The third kappa shape index (κ3) is 4.21. The SMILES string of the molecule is CCC(C)CNS(=O)(=O)c1cc(Br)cnc1Cl. The molecule has 17 heavy (non-hydrogen) atoms. The average molecular weight is 342 g/mol. The predicted molar refractivity (Wildman–Crippen MR) is 71.6 cm³/mol. The van der Waals surface area contributed by atoms with Gasteiger partial charge in [-0.1, -0.05) is 31.9 Å². The second kappa shape index (κ2) is 6.13. The van der Waals surface area contributed by atoms with E-state index in [1.54, 1.807) is 0 Å². The van der Waals surface area contributed by atoms with E-state index in [0.29, 0.717) is 11.0 Å². The molecule has 0 radical (unpaired) electrons. The molecule has 7 heteroatoms. The van der Waals surface area contributed by atoms with E-state index in [2.05, 4.69) is 25.6 Å². The van der Waals surface area contributed by atoms with Crippen LogP contribution < -0.4 is 4.72 Å². The van der Waals surface area contributed by atoms with Crippen LogP contribution in [0.15, 0.2) is 21.6 Å². The Kier molecular flexibility index (Phi) is 5.37. The Morgan fingerprint density at radius 2 is 2.24 bits per heavy atom. The van der Waals surface area contributed by atoms with Gasteiger partial charge in [0, 0.05) is 17.2 Å². The second-order valence-electron chi connectivity index (χ2n) is 3.81. The molecule has 0 aliphatic rings. The molecule has 0 amide bonds. The minimum atomic E-state index is -3.59. The van der Waals surface area contributed by atoms with Gasteiger partial charge in [-0.15, -0.1) is 0 Å². The van der Waals surface area contributed by atoms with Gasteiger partial charge >= 0.3 is 0 Å². The van der Waals surface area contributed by atoms with E-state index in [-0.39, 0.29) is 16.0 Å². The molecule has 0 fully saturated rings. The molecule has 0 aliphatic carbocycles. The summed E-state index contributed by atoms with van der Waals surface area (Å²) in [5, 5.41) is -0.0233. The molecular formula is C10H14BrClN2O2S. The Morgan fingerprint density at radius 1 is 1.59 bits per heavy atom. The molecule has 0 spiro atoms. The molecule has 1 atom stereocenters. The number of hydrogen-bond acceptors (Lipinski definition) is 3. The molecule has 1 aromatic heterocycles. The average Bonchev–Trinajstić information content (AvgIpc) is 2.29. The van der Waals surface area contributed by atoms with E-state index in [1.807, 2.05) is 13.8 Å². The van der Waals surface area contributed by atoms with Crippen molar-refractivity contribution in [3.05, 3.63) is 21.9 Å². The maximum atomic E-state index is 12.0. The molecular weight excluding hydrogens is 328 g/mol. The van der Waals surface area contributed by atoms with E-state index in [1.165, 1.54) is 12.3 Å². The van der Waals surface area contributed by atoms with Crippen molar-refractivity contribution >= 4 is 37.6 Å². The fourth-order valence-electron chi connectivity index (χ4n) is 1.07. The molecule has 1 heterocycles. The number of halogens is 2. The molecule has 0 saturated carbocycles. The number of hydrogen-bond donors (Lipinski definition) is 1. The number of nitrogens with zero attached hydrogens (tertiary/aromatic N) is 1. The quantitative estimate of drug-likeness (QED) is 0.838. The molecule has 0 aliphatic heterocycles. The third-order valence-electron chi connectivity index (χ3n) is 2.38. The van der Waals surface area contributed by atoms with Gasteiger partial charge in [0.05, 0.1) is 0 Å². The van der Waals surface area contributed by atoms with Gasteiger partial charge in [0.25, 0.3) is 0 Å². The minimum absolute atomic E-state index is 0.00292. The minimum Gasteiger partial charge on any atom is -0.242 e. The second-order valence-corrected chi connectivity index (χ2v) is 6.82. The van der Waals surface area contributed by atoms with Crippen molar-refractivity contribution in [2.45, 2.75) is 25.2 Å². The highest BCUT2D eigenvalue weighted by Gasteiger charge is 2.19. The highest BCUT2D eigenvalue weighted by molar-refractivity contribution is 9.10. The lowest BCUT2D eigenvalue weighted by molar-refractivity contribution is 0.528.